The Bertz CT molecular complexity index is 1280. The number of fused-ring (bicyclic) bond motifs is 1. The maximum Gasteiger partial charge on any atom is 0.243 e. The van der Waals surface area contributed by atoms with Crippen LogP contribution in [0.4, 0.5) is 8.78 Å². The number of benzene rings is 1. The van der Waals surface area contributed by atoms with Crippen LogP contribution in [-0.2, 0) is 11.3 Å². The van der Waals surface area contributed by atoms with Crippen LogP contribution < -0.4 is 5.32 Å². The van der Waals surface area contributed by atoms with Gasteiger partial charge in [0.05, 0.1) is 23.1 Å². The average molecular weight is 438 g/mol. The van der Waals surface area contributed by atoms with Gasteiger partial charge in [0, 0.05) is 30.6 Å². The standard InChI is InChI=1S/C23H24F2N6O/c1-13(2)22(30-12-28-19-8-17(24)18(25)9-20(19)30)23(32)27-11-16-5-6-21(26-10-16)31-15(4)7-14(3)29-31/h5-10,12-13,22H,11H2,1-4H3,(H,27,32)/t22-/m0/s1. The molecule has 4 rings (SSSR count). The Balaban J connectivity index is 1.51. The topological polar surface area (TPSA) is 77.6 Å². The lowest BCUT2D eigenvalue weighted by Gasteiger charge is -2.22. The monoisotopic (exact) mass is 438 g/mol. The summed E-state index contributed by atoms with van der Waals surface area (Å²) < 4.78 is 30.7. The van der Waals surface area contributed by atoms with E-state index in [4.69, 9.17) is 0 Å². The highest BCUT2D eigenvalue weighted by molar-refractivity contribution is 5.84. The van der Waals surface area contributed by atoms with Crippen LogP contribution >= 0.6 is 0 Å². The summed E-state index contributed by atoms with van der Waals surface area (Å²) in [4.78, 5) is 21.6. The van der Waals surface area contributed by atoms with E-state index in [1.165, 1.54) is 6.33 Å². The van der Waals surface area contributed by atoms with Crippen LogP contribution in [0.25, 0.3) is 16.9 Å². The van der Waals surface area contributed by atoms with Gasteiger partial charge < -0.3 is 9.88 Å². The minimum absolute atomic E-state index is 0.105. The zero-order valence-electron chi connectivity index (χ0n) is 18.3. The summed E-state index contributed by atoms with van der Waals surface area (Å²) in [6.45, 7) is 7.94. The Morgan fingerprint density at radius 3 is 2.47 bits per heavy atom. The zero-order chi connectivity index (χ0) is 23.0. The zero-order valence-corrected chi connectivity index (χ0v) is 18.3. The largest absolute Gasteiger partial charge is 0.350 e. The van der Waals surface area contributed by atoms with Gasteiger partial charge in [-0.25, -0.2) is 23.4 Å². The molecule has 9 heteroatoms. The Morgan fingerprint density at radius 2 is 1.84 bits per heavy atom. The number of nitrogens with one attached hydrogen (secondary N) is 1. The van der Waals surface area contributed by atoms with Crippen molar-refractivity contribution in [1.82, 2.24) is 29.6 Å². The first kappa shape index (κ1) is 21.6. The second-order valence-corrected chi connectivity index (χ2v) is 8.18. The fraction of sp³-hybridized carbons (Fsp3) is 0.304. The predicted octanol–water partition coefficient (Wildman–Crippen LogP) is 4.03. The number of carbonyl (C=O) groups is 1. The second-order valence-electron chi connectivity index (χ2n) is 8.18. The van der Waals surface area contributed by atoms with Gasteiger partial charge in [-0.05, 0) is 37.5 Å². The average Bonchev–Trinajstić information content (AvgIpc) is 3.29. The maximum atomic E-state index is 13.8. The van der Waals surface area contributed by atoms with Crippen molar-refractivity contribution in [3.8, 4) is 5.82 Å². The van der Waals surface area contributed by atoms with E-state index in [0.717, 1.165) is 29.1 Å². The van der Waals surface area contributed by atoms with E-state index < -0.39 is 17.7 Å². The van der Waals surface area contributed by atoms with Crippen molar-refractivity contribution in [2.45, 2.75) is 40.3 Å². The van der Waals surface area contributed by atoms with Crippen molar-refractivity contribution < 1.29 is 13.6 Å². The first-order valence-corrected chi connectivity index (χ1v) is 10.3. The van der Waals surface area contributed by atoms with E-state index in [2.05, 4.69) is 20.4 Å². The minimum atomic E-state index is -0.976. The third-order valence-corrected chi connectivity index (χ3v) is 5.32. The summed E-state index contributed by atoms with van der Waals surface area (Å²) in [5.41, 5.74) is 3.39. The molecule has 0 unspecified atom stereocenters. The van der Waals surface area contributed by atoms with Crippen molar-refractivity contribution >= 4 is 16.9 Å². The van der Waals surface area contributed by atoms with Crippen LogP contribution in [0.1, 0.15) is 36.8 Å². The van der Waals surface area contributed by atoms with Crippen LogP contribution in [0.2, 0.25) is 0 Å². The molecule has 0 aliphatic carbocycles. The van der Waals surface area contributed by atoms with Crippen LogP contribution in [0.15, 0.2) is 42.9 Å². The van der Waals surface area contributed by atoms with E-state index in [-0.39, 0.29) is 18.4 Å². The van der Waals surface area contributed by atoms with Crippen molar-refractivity contribution in [2.75, 3.05) is 0 Å². The fourth-order valence-corrected chi connectivity index (χ4v) is 3.80. The molecule has 0 saturated heterocycles. The number of aryl methyl sites for hydroxylation is 2. The number of amides is 1. The summed E-state index contributed by atoms with van der Waals surface area (Å²) in [6.07, 6.45) is 3.14. The molecule has 0 fully saturated rings. The van der Waals surface area contributed by atoms with Gasteiger partial charge in [-0.2, -0.15) is 5.10 Å². The summed E-state index contributed by atoms with van der Waals surface area (Å²) in [5, 5.41) is 7.33. The Morgan fingerprint density at radius 1 is 1.09 bits per heavy atom. The molecule has 1 atom stereocenters. The molecule has 3 aromatic heterocycles. The van der Waals surface area contributed by atoms with E-state index in [9.17, 15) is 13.6 Å². The highest BCUT2D eigenvalue weighted by Gasteiger charge is 2.26. The molecule has 1 N–H and O–H groups in total. The van der Waals surface area contributed by atoms with Crippen molar-refractivity contribution in [2.24, 2.45) is 5.92 Å². The number of hydrogen-bond donors (Lipinski definition) is 1. The van der Waals surface area contributed by atoms with Crippen LogP contribution in [-0.4, -0.2) is 30.2 Å². The number of carbonyl (C=O) groups excluding carboxylic acids is 1. The minimum Gasteiger partial charge on any atom is -0.350 e. The third kappa shape index (κ3) is 4.10. The quantitative estimate of drug-likeness (QED) is 0.493. The number of imidazole rings is 1. The molecule has 0 radical (unpaired) electrons. The molecule has 0 bridgehead atoms. The first-order valence-electron chi connectivity index (χ1n) is 10.3. The molecule has 0 saturated carbocycles. The van der Waals surface area contributed by atoms with E-state index in [1.807, 2.05) is 45.9 Å². The molecule has 1 aromatic carbocycles. The van der Waals surface area contributed by atoms with Crippen LogP contribution in [0, 0.1) is 31.4 Å². The molecule has 3 heterocycles. The molecule has 0 aliphatic rings. The SMILES string of the molecule is Cc1cc(C)n(-c2ccc(CNC(=O)[C@H](C(C)C)n3cnc4cc(F)c(F)cc43)cn2)n1. The Kier molecular flexibility index (Phi) is 5.73. The molecule has 1 amide bonds. The molecule has 4 aromatic rings. The molecular weight excluding hydrogens is 414 g/mol. The van der Waals surface area contributed by atoms with Gasteiger partial charge in [-0.1, -0.05) is 19.9 Å². The van der Waals surface area contributed by atoms with Crippen molar-refractivity contribution in [3.63, 3.8) is 0 Å². The number of pyridine rings is 1. The highest BCUT2D eigenvalue weighted by atomic mass is 19.2. The summed E-state index contributed by atoms with van der Waals surface area (Å²) in [6, 6.07) is 7.18. The van der Waals surface area contributed by atoms with Gasteiger partial charge in [0.25, 0.3) is 0 Å². The number of rotatable bonds is 6. The molecule has 0 spiro atoms. The third-order valence-electron chi connectivity index (χ3n) is 5.32. The Hall–Kier alpha value is -3.62. The van der Waals surface area contributed by atoms with E-state index in [1.54, 1.807) is 15.4 Å². The van der Waals surface area contributed by atoms with Gasteiger partial charge in [0.1, 0.15) is 6.04 Å². The second kappa shape index (κ2) is 8.49. The van der Waals surface area contributed by atoms with Crippen molar-refractivity contribution in [1.29, 1.82) is 0 Å². The normalized spacial score (nSPS) is 12.5. The maximum absolute atomic E-state index is 13.8. The number of aromatic nitrogens is 5. The Labute approximate surface area is 184 Å². The molecule has 166 valence electrons. The van der Waals surface area contributed by atoms with Gasteiger partial charge in [-0.15, -0.1) is 0 Å². The lowest BCUT2D eigenvalue weighted by Crippen LogP contribution is -2.35. The summed E-state index contributed by atoms with van der Waals surface area (Å²) in [5.74, 6) is -1.59. The smallest absolute Gasteiger partial charge is 0.243 e. The first-order chi connectivity index (χ1) is 15.2. The van der Waals surface area contributed by atoms with E-state index in [0.29, 0.717) is 16.9 Å². The lowest BCUT2D eigenvalue weighted by atomic mass is 10.0. The van der Waals surface area contributed by atoms with Gasteiger partial charge >= 0.3 is 0 Å². The number of hydrogen-bond acceptors (Lipinski definition) is 4. The number of halogens is 2. The van der Waals surface area contributed by atoms with Gasteiger partial charge in [-0.3, -0.25) is 4.79 Å². The lowest BCUT2D eigenvalue weighted by molar-refractivity contribution is -0.125. The predicted molar refractivity (Wildman–Crippen MR) is 116 cm³/mol. The fourth-order valence-electron chi connectivity index (χ4n) is 3.80. The summed E-state index contributed by atoms with van der Waals surface area (Å²) in [7, 11) is 0. The molecule has 0 aliphatic heterocycles. The van der Waals surface area contributed by atoms with Gasteiger partial charge in [0.15, 0.2) is 17.5 Å². The van der Waals surface area contributed by atoms with E-state index >= 15 is 0 Å². The number of nitrogens with zero attached hydrogens (tertiary/aromatic N) is 5. The van der Waals surface area contributed by atoms with Crippen LogP contribution in [0.3, 0.4) is 0 Å². The van der Waals surface area contributed by atoms with Crippen LogP contribution in [0.5, 0.6) is 0 Å². The van der Waals surface area contributed by atoms with Gasteiger partial charge in [0.2, 0.25) is 5.91 Å². The molecule has 32 heavy (non-hydrogen) atoms. The molecular formula is C23H24F2N6O. The summed E-state index contributed by atoms with van der Waals surface area (Å²) >= 11 is 0. The highest BCUT2D eigenvalue weighted by Crippen LogP contribution is 2.25. The molecule has 7 nitrogen and oxygen atoms in total. The van der Waals surface area contributed by atoms with Crippen molar-refractivity contribution in [3.05, 3.63) is 71.4 Å².